The van der Waals surface area contributed by atoms with E-state index in [0.717, 1.165) is 0 Å². The fourth-order valence-electron chi connectivity index (χ4n) is 0.688. The van der Waals surface area contributed by atoms with Crippen LogP contribution in [0.2, 0.25) is 0 Å². The minimum absolute atomic E-state index is 0.126. The van der Waals surface area contributed by atoms with Crippen molar-refractivity contribution in [3.05, 3.63) is 28.5 Å². The maximum absolute atomic E-state index is 12.9. The molecule has 0 heterocycles. The van der Waals surface area contributed by atoms with E-state index in [9.17, 15) is 4.39 Å². The third kappa shape index (κ3) is 3.50. The maximum atomic E-state index is 12.9. The second-order valence-electron chi connectivity index (χ2n) is 2.10. The molecule has 1 aromatic rings. The molecule has 13 heavy (non-hydrogen) atoms. The summed E-state index contributed by atoms with van der Waals surface area (Å²) in [6.07, 6.45) is 0. The summed E-state index contributed by atoms with van der Waals surface area (Å²) in [6, 6.07) is 4.19. The highest BCUT2D eigenvalue weighted by atomic mass is 79.9. The van der Waals surface area contributed by atoms with Crippen LogP contribution in [0.3, 0.4) is 0 Å². The Balaban J connectivity index is 2.96. The van der Waals surface area contributed by atoms with Gasteiger partial charge in [-0.1, -0.05) is 6.07 Å². The van der Waals surface area contributed by atoms with E-state index in [0.29, 0.717) is 0 Å². The normalized spacial score (nSPS) is 11.5. The first kappa shape index (κ1) is 11.4. The fraction of sp³-hybridized carbons (Fsp3) is 0.143. The van der Waals surface area contributed by atoms with Crippen LogP contribution < -0.4 is 4.74 Å². The number of hydrogen-bond donors (Lipinski definition) is 0. The number of alkyl halides is 3. The lowest BCUT2D eigenvalue weighted by molar-refractivity contribution is 0.316. The van der Waals surface area contributed by atoms with Crippen molar-refractivity contribution in [3.8, 4) is 5.75 Å². The molecular weight excluding hydrogens is 305 g/mol. The summed E-state index contributed by atoms with van der Waals surface area (Å²) in [7, 11) is 0. The summed E-state index contributed by atoms with van der Waals surface area (Å²) in [6.45, 7) is 0. The third-order valence-electron chi connectivity index (χ3n) is 1.14. The summed E-state index contributed by atoms with van der Waals surface area (Å²) in [5.74, 6) is -0.341. The predicted molar refractivity (Wildman–Crippen MR) is 55.0 cm³/mol. The van der Waals surface area contributed by atoms with Gasteiger partial charge >= 0.3 is 3.98 Å². The molecule has 0 N–H and O–H groups in total. The zero-order valence-corrected chi connectivity index (χ0v) is 9.88. The first-order valence-corrected chi connectivity index (χ1v) is 5.02. The standard InChI is InChI=1S/C7H3BrCl3FO/c8-6-4(12)2-1-3-5(6)13-7(9,10)11/h1-3H. The Hall–Kier alpha value is 0.300. The van der Waals surface area contributed by atoms with E-state index in [1.807, 2.05) is 0 Å². The van der Waals surface area contributed by atoms with Crippen molar-refractivity contribution in [2.75, 3.05) is 0 Å². The maximum Gasteiger partial charge on any atom is 0.338 e. The van der Waals surface area contributed by atoms with Crippen LogP contribution in [-0.4, -0.2) is 3.98 Å². The number of ether oxygens (including phenoxy) is 1. The molecule has 0 saturated carbocycles. The molecule has 0 atom stereocenters. The average molecular weight is 308 g/mol. The van der Waals surface area contributed by atoms with E-state index in [4.69, 9.17) is 39.5 Å². The highest BCUT2D eigenvalue weighted by Crippen LogP contribution is 2.35. The van der Waals surface area contributed by atoms with Crippen molar-refractivity contribution in [3.63, 3.8) is 0 Å². The molecule has 0 unspecified atom stereocenters. The van der Waals surface area contributed by atoms with Crippen molar-refractivity contribution in [1.29, 1.82) is 0 Å². The molecule has 0 radical (unpaired) electrons. The van der Waals surface area contributed by atoms with E-state index in [2.05, 4.69) is 15.9 Å². The summed E-state index contributed by atoms with van der Waals surface area (Å²) in [4.78, 5) is 0. The van der Waals surface area contributed by atoms with Crippen LogP contribution in [0.4, 0.5) is 4.39 Å². The Morgan fingerprint density at radius 3 is 2.46 bits per heavy atom. The molecule has 0 spiro atoms. The van der Waals surface area contributed by atoms with Gasteiger partial charge in [-0.15, -0.1) is 0 Å². The molecule has 1 nitrogen and oxygen atoms in total. The van der Waals surface area contributed by atoms with Crippen LogP contribution in [0.25, 0.3) is 0 Å². The first-order valence-electron chi connectivity index (χ1n) is 3.10. The summed E-state index contributed by atoms with van der Waals surface area (Å²) < 4.78 is 16.0. The van der Waals surface area contributed by atoms with Crippen molar-refractivity contribution >= 4 is 50.7 Å². The Kier molecular flexibility index (Phi) is 3.69. The Labute approximate surface area is 97.9 Å². The zero-order chi connectivity index (χ0) is 10.1. The van der Waals surface area contributed by atoms with Crippen LogP contribution in [0, 0.1) is 5.82 Å². The third-order valence-corrected chi connectivity index (χ3v) is 2.14. The highest BCUT2D eigenvalue weighted by molar-refractivity contribution is 9.10. The smallest absolute Gasteiger partial charge is 0.338 e. The van der Waals surface area contributed by atoms with Crippen molar-refractivity contribution in [2.45, 2.75) is 3.98 Å². The van der Waals surface area contributed by atoms with Crippen LogP contribution in [0.1, 0.15) is 0 Å². The van der Waals surface area contributed by atoms with Gasteiger partial charge in [0, 0.05) is 0 Å². The lowest BCUT2D eigenvalue weighted by Gasteiger charge is -2.14. The molecule has 0 aliphatic heterocycles. The van der Waals surface area contributed by atoms with Gasteiger partial charge in [0.1, 0.15) is 11.6 Å². The Morgan fingerprint density at radius 2 is 1.92 bits per heavy atom. The summed E-state index contributed by atoms with van der Waals surface area (Å²) in [5, 5.41) is 0. The molecule has 0 aliphatic carbocycles. The van der Waals surface area contributed by atoms with Crippen LogP contribution in [0.15, 0.2) is 22.7 Å². The molecule has 0 saturated heterocycles. The number of benzene rings is 1. The number of halogens is 5. The number of hydrogen-bond acceptors (Lipinski definition) is 1. The van der Waals surface area contributed by atoms with Gasteiger partial charge in [-0.25, -0.2) is 4.39 Å². The highest BCUT2D eigenvalue weighted by Gasteiger charge is 2.23. The second-order valence-corrected chi connectivity index (χ2v) is 5.07. The van der Waals surface area contributed by atoms with Crippen LogP contribution >= 0.6 is 50.7 Å². The predicted octanol–water partition coefficient (Wildman–Crippen LogP) is 4.29. The largest absolute Gasteiger partial charge is 0.444 e. The van der Waals surface area contributed by atoms with Gasteiger partial charge < -0.3 is 4.74 Å². The molecule has 0 bridgehead atoms. The first-order chi connectivity index (χ1) is 5.90. The number of rotatable bonds is 1. The minimum atomic E-state index is -1.89. The van der Waals surface area contributed by atoms with E-state index in [-0.39, 0.29) is 10.2 Å². The van der Waals surface area contributed by atoms with E-state index >= 15 is 0 Å². The second kappa shape index (κ2) is 4.22. The minimum Gasteiger partial charge on any atom is -0.444 e. The van der Waals surface area contributed by atoms with Gasteiger partial charge in [-0.2, -0.15) is 0 Å². The Morgan fingerprint density at radius 1 is 1.31 bits per heavy atom. The van der Waals surface area contributed by atoms with E-state index < -0.39 is 9.80 Å². The van der Waals surface area contributed by atoms with Crippen molar-refractivity contribution in [1.82, 2.24) is 0 Å². The van der Waals surface area contributed by atoms with Gasteiger partial charge in [0.15, 0.2) is 0 Å². The molecule has 1 rings (SSSR count). The molecule has 0 aromatic heterocycles. The fourth-order valence-corrected chi connectivity index (χ4v) is 1.28. The van der Waals surface area contributed by atoms with E-state index in [1.165, 1.54) is 18.2 Å². The van der Waals surface area contributed by atoms with Crippen molar-refractivity contribution < 1.29 is 9.13 Å². The zero-order valence-electron chi connectivity index (χ0n) is 6.03. The van der Waals surface area contributed by atoms with Gasteiger partial charge in [0.05, 0.1) is 4.47 Å². The van der Waals surface area contributed by atoms with Crippen LogP contribution in [-0.2, 0) is 0 Å². The summed E-state index contributed by atoms with van der Waals surface area (Å²) >= 11 is 19.0. The lowest BCUT2D eigenvalue weighted by Crippen LogP contribution is -2.13. The van der Waals surface area contributed by atoms with Gasteiger partial charge in [-0.3, -0.25) is 0 Å². The van der Waals surface area contributed by atoms with Crippen molar-refractivity contribution in [2.24, 2.45) is 0 Å². The SMILES string of the molecule is Fc1cccc(OC(Cl)(Cl)Cl)c1Br. The van der Waals surface area contributed by atoms with E-state index in [1.54, 1.807) is 0 Å². The molecule has 6 heteroatoms. The average Bonchev–Trinajstić information content (AvgIpc) is 1.96. The lowest BCUT2D eigenvalue weighted by atomic mass is 10.3. The molecular formula is C7H3BrCl3FO. The Bertz CT molecular complexity index is 313. The molecule has 0 aliphatic rings. The topological polar surface area (TPSA) is 9.23 Å². The molecule has 0 amide bonds. The van der Waals surface area contributed by atoms with Crippen LogP contribution in [0.5, 0.6) is 5.75 Å². The molecule has 72 valence electrons. The summed E-state index contributed by atoms with van der Waals surface area (Å²) in [5.41, 5.74) is 0. The van der Waals surface area contributed by atoms with Gasteiger partial charge in [0.25, 0.3) is 0 Å². The quantitative estimate of drug-likeness (QED) is 0.703. The van der Waals surface area contributed by atoms with Gasteiger partial charge in [0.2, 0.25) is 0 Å². The molecule has 0 fully saturated rings. The van der Waals surface area contributed by atoms with Gasteiger partial charge in [-0.05, 0) is 62.9 Å². The molecule has 1 aromatic carbocycles. The monoisotopic (exact) mass is 306 g/mol.